The first kappa shape index (κ1) is 11.3. The molecule has 4 heteroatoms. The first-order chi connectivity index (χ1) is 6.56. The average Bonchev–Trinajstić information content (AvgIpc) is 2.11. The second-order valence-corrected chi connectivity index (χ2v) is 3.88. The summed E-state index contributed by atoms with van der Waals surface area (Å²) in [5, 5.41) is 0. The number of rotatable bonds is 3. The topological polar surface area (TPSA) is 43.1 Å². The van der Waals surface area contributed by atoms with Gasteiger partial charge < -0.3 is 5.73 Å². The van der Waals surface area contributed by atoms with E-state index in [1.807, 2.05) is 0 Å². The molecule has 0 spiro atoms. The van der Waals surface area contributed by atoms with Crippen LogP contribution in [0.4, 0.5) is 4.39 Å². The zero-order valence-electron chi connectivity index (χ0n) is 7.81. The molecule has 0 radical (unpaired) electrons. The zero-order valence-corrected chi connectivity index (χ0v) is 9.40. The number of halogens is 2. The Morgan fingerprint density at radius 3 is 2.79 bits per heavy atom. The molecule has 0 amide bonds. The van der Waals surface area contributed by atoms with E-state index in [1.54, 1.807) is 6.92 Å². The Morgan fingerprint density at radius 1 is 1.57 bits per heavy atom. The third-order valence-electron chi connectivity index (χ3n) is 1.98. The van der Waals surface area contributed by atoms with Crippen molar-refractivity contribution in [3.05, 3.63) is 33.5 Å². The van der Waals surface area contributed by atoms with Crippen LogP contribution in [0.1, 0.15) is 22.3 Å². The third-order valence-corrected chi connectivity index (χ3v) is 2.80. The van der Waals surface area contributed by atoms with Gasteiger partial charge in [0.05, 0.1) is 0 Å². The van der Waals surface area contributed by atoms with Gasteiger partial charge in [-0.25, -0.2) is 4.39 Å². The number of Topliss-reactive ketones (excluding diaryl/α,β-unsaturated/α-hetero) is 1. The summed E-state index contributed by atoms with van der Waals surface area (Å²) in [7, 11) is 0. The van der Waals surface area contributed by atoms with Crippen LogP contribution in [-0.4, -0.2) is 12.3 Å². The van der Waals surface area contributed by atoms with Gasteiger partial charge in [0.25, 0.3) is 0 Å². The highest BCUT2D eigenvalue weighted by Crippen LogP contribution is 2.22. The van der Waals surface area contributed by atoms with Crippen molar-refractivity contribution >= 4 is 21.7 Å². The molecule has 1 rings (SSSR count). The average molecular weight is 260 g/mol. The number of carbonyl (C=O) groups excluding carboxylic acids is 1. The smallest absolute Gasteiger partial charge is 0.164 e. The SMILES string of the molecule is Cc1c(Br)cc(F)cc1C(=O)CCN. The Labute approximate surface area is 90.4 Å². The van der Waals surface area contributed by atoms with Crippen LogP contribution in [0.5, 0.6) is 0 Å². The number of benzene rings is 1. The van der Waals surface area contributed by atoms with Gasteiger partial charge in [0, 0.05) is 16.5 Å². The molecule has 2 N–H and O–H groups in total. The molecule has 2 nitrogen and oxygen atoms in total. The van der Waals surface area contributed by atoms with Crippen molar-refractivity contribution in [2.24, 2.45) is 5.73 Å². The van der Waals surface area contributed by atoms with E-state index in [0.717, 1.165) is 5.56 Å². The molecule has 0 aromatic heterocycles. The molecule has 0 aliphatic rings. The minimum Gasteiger partial charge on any atom is -0.330 e. The van der Waals surface area contributed by atoms with Crippen molar-refractivity contribution in [2.45, 2.75) is 13.3 Å². The lowest BCUT2D eigenvalue weighted by Crippen LogP contribution is -2.10. The van der Waals surface area contributed by atoms with Crippen molar-refractivity contribution in [2.75, 3.05) is 6.54 Å². The Morgan fingerprint density at radius 2 is 2.21 bits per heavy atom. The molecule has 1 aromatic carbocycles. The van der Waals surface area contributed by atoms with E-state index in [-0.39, 0.29) is 18.7 Å². The summed E-state index contributed by atoms with van der Waals surface area (Å²) in [6.45, 7) is 2.06. The molecule has 0 aliphatic heterocycles. The maximum Gasteiger partial charge on any atom is 0.164 e. The summed E-state index contributed by atoms with van der Waals surface area (Å²) in [4.78, 5) is 11.5. The van der Waals surface area contributed by atoms with Gasteiger partial charge in [-0.2, -0.15) is 0 Å². The molecule has 0 saturated heterocycles. The summed E-state index contributed by atoms with van der Waals surface area (Å²) in [5.74, 6) is -0.534. The van der Waals surface area contributed by atoms with Gasteiger partial charge in [-0.3, -0.25) is 4.79 Å². The van der Waals surface area contributed by atoms with Crippen molar-refractivity contribution in [1.82, 2.24) is 0 Å². The first-order valence-electron chi connectivity index (χ1n) is 4.25. The second-order valence-electron chi connectivity index (χ2n) is 3.02. The summed E-state index contributed by atoms with van der Waals surface area (Å²) in [6, 6.07) is 2.59. The lowest BCUT2D eigenvalue weighted by atomic mass is 10.0. The van der Waals surface area contributed by atoms with Crippen molar-refractivity contribution in [3.63, 3.8) is 0 Å². The molecule has 0 bridgehead atoms. The van der Waals surface area contributed by atoms with Gasteiger partial charge in [0.15, 0.2) is 5.78 Å². The minimum absolute atomic E-state index is 0.120. The fourth-order valence-electron chi connectivity index (χ4n) is 1.20. The van der Waals surface area contributed by atoms with Gasteiger partial charge in [0.2, 0.25) is 0 Å². The van der Waals surface area contributed by atoms with Gasteiger partial charge in [-0.05, 0) is 31.2 Å². The number of nitrogens with two attached hydrogens (primary N) is 1. The van der Waals surface area contributed by atoms with Crippen LogP contribution >= 0.6 is 15.9 Å². The van der Waals surface area contributed by atoms with Gasteiger partial charge >= 0.3 is 0 Å². The summed E-state index contributed by atoms with van der Waals surface area (Å²) in [6.07, 6.45) is 0.247. The summed E-state index contributed by atoms with van der Waals surface area (Å²) < 4.78 is 13.6. The van der Waals surface area contributed by atoms with Crippen LogP contribution in [0.3, 0.4) is 0 Å². The van der Waals surface area contributed by atoms with E-state index < -0.39 is 5.82 Å². The van der Waals surface area contributed by atoms with Crippen LogP contribution in [0.25, 0.3) is 0 Å². The van der Waals surface area contributed by atoms with Gasteiger partial charge in [-0.15, -0.1) is 0 Å². The van der Waals surface area contributed by atoms with E-state index in [2.05, 4.69) is 15.9 Å². The molecule has 0 atom stereocenters. The quantitative estimate of drug-likeness (QED) is 0.848. The highest BCUT2D eigenvalue weighted by atomic mass is 79.9. The third kappa shape index (κ3) is 2.39. The minimum atomic E-state index is -0.414. The number of carbonyl (C=O) groups is 1. The van der Waals surface area contributed by atoms with E-state index in [0.29, 0.717) is 10.0 Å². The molecule has 0 fully saturated rings. The number of ketones is 1. The molecule has 14 heavy (non-hydrogen) atoms. The molecular weight excluding hydrogens is 249 g/mol. The normalized spacial score (nSPS) is 10.3. The van der Waals surface area contributed by atoms with Crippen LogP contribution in [0, 0.1) is 12.7 Å². The van der Waals surface area contributed by atoms with E-state index >= 15 is 0 Å². The molecule has 0 aliphatic carbocycles. The molecule has 1 aromatic rings. The zero-order chi connectivity index (χ0) is 10.7. The first-order valence-corrected chi connectivity index (χ1v) is 5.04. The Kier molecular flexibility index (Phi) is 3.77. The van der Waals surface area contributed by atoms with Crippen LogP contribution in [0.15, 0.2) is 16.6 Å². The molecule has 76 valence electrons. The fraction of sp³-hybridized carbons (Fsp3) is 0.300. The summed E-state index contributed by atoms with van der Waals surface area (Å²) in [5.41, 5.74) is 6.43. The van der Waals surface area contributed by atoms with Crippen LogP contribution < -0.4 is 5.73 Å². The Balaban J connectivity index is 3.13. The number of hydrogen-bond acceptors (Lipinski definition) is 2. The van der Waals surface area contributed by atoms with Crippen molar-refractivity contribution in [3.8, 4) is 0 Å². The Hall–Kier alpha value is -0.740. The predicted molar refractivity (Wildman–Crippen MR) is 56.8 cm³/mol. The lowest BCUT2D eigenvalue weighted by molar-refractivity contribution is 0.0984. The maximum atomic E-state index is 13.0. The fourth-order valence-corrected chi connectivity index (χ4v) is 1.63. The van der Waals surface area contributed by atoms with E-state index in [1.165, 1.54) is 12.1 Å². The van der Waals surface area contributed by atoms with Gasteiger partial charge in [0.1, 0.15) is 5.82 Å². The van der Waals surface area contributed by atoms with Crippen molar-refractivity contribution < 1.29 is 9.18 Å². The molecule has 0 saturated carbocycles. The summed E-state index contributed by atoms with van der Waals surface area (Å²) >= 11 is 3.19. The Bertz CT molecular complexity index is 365. The van der Waals surface area contributed by atoms with Gasteiger partial charge in [-0.1, -0.05) is 15.9 Å². The highest BCUT2D eigenvalue weighted by Gasteiger charge is 2.12. The largest absolute Gasteiger partial charge is 0.330 e. The van der Waals surface area contributed by atoms with Crippen molar-refractivity contribution in [1.29, 1.82) is 0 Å². The van der Waals surface area contributed by atoms with E-state index in [9.17, 15) is 9.18 Å². The molecule has 0 unspecified atom stereocenters. The van der Waals surface area contributed by atoms with E-state index in [4.69, 9.17) is 5.73 Å². The van der Waals surface area contributed by atoms with Crippen LogP contribution in [0.2, 0.25) is 0 Å². The predicted octanol–water partition coefficient (Wildman–Crippen LogP) is 2.43. The second kappa shape index (κ2) is 4.66. The monoisotopic (exact) mass is 259 g/mol. The lowest BCUT2D eigenvalue weighted by Gasteiger charge is -2.06. The number of hydrogen-bond donors (Lipinski definition) is 1. The standard InChI is InChI=1S/C10H11BrFNO/c1-6-8(10(14)2-3-13)4-7(12)5-9(6)11/h4-5H,2-3,13H2,1H3. The molecule has 0 heterocycles. The van der Waals surface area contributed by atoms with Crippen LogP contribution in [-0.2, 0) is 0 Å². The molecular formula is C10H11BrFNO. The maximum absolute atomic E-state index is 13.0. The highest BCUT2D eigenvalue weighted by molar-refractivity contribution is 9.10.